The van der Waals surface area contributed by atoms with Crippen LogP contribution in [0, 0.1) is 13.0 Å². The molecule has 2 rings (SSSR count). The van der Waals surface area contributed by atoms with Crippen LogP contribution >= 0.6 is 0 Å². The summed E-state index contributed by atoms with van der Waals surface area (Å²) in [5.41, 5.74) is 7.61. The second-order valence-electron chi connectivity index (χ2n) is 4.35. The summed E-state index contributed by atoms with van der Waals surface area (Å²) in [6, 6.07) is 14.5. The molecular weight excluding hydrogens is 343 g/mol. The number of rotatable bonds is 4. The molecule has 0 unspecified atom stereocenters. The zero-order chi connectivity index (χ0) is 14.5. The number of hydrogen-bond acceptors (Lipinski definition) is 4. The van der Waals surface area contributed by atoms with Gasteiger partial charge < -0.3 is 10.5 Å². The fourth-order valence-corrected chi connectivity index (χ4v) is 1.73. The molecule has 2 aromatic rings. The standard InChI is InChI=1S/C16H14NO3.Y/c1-11-5-4-6-12(9-11)15(18)10-20-16(19)13-7-2-3-8-14(13)17;/h2-4,6-9H,10,17H2,1H3;/q-1;. The van der Waals surface area contributed by atoms with Crippen LogP contribution in [-0.2, 0) is 37.4 Å². The summed E-state index contributed by atoms with van der Waals surface area (Å²) in [7, 11) is 0. The Morgan fingerprint density at radius 1 is 1.24 bits per heavy atom. The molecule has 1 radical (unpaired) electrons. The van der Waals surface area contributed by atoms with E-state index in [1.807, 2.05) is 6.92 Å². The molecule has 0 aliphatic heterocycles. The average molecular weight is 357 g/mol. The first-order valence-corrected chi connectivity index (χ1v) is 6.11. The Labute approximate surface area is 148 Å². The third-order valence-electron chi connectivity index (χ3n) is 2.78. The van der Waals surface area contributed by atoms with Crippen LogP contribution in [-0.4, -0.2) is 18.4 Å². The number of ether oxygens (including phenoxy) is 1. The van der Waals surface area contributed by atoms with E-state index in [2.05, 4.69) is 6.07 Å². The summed E-state index contributed by atoms with van der Waals surface area (Å²) >= 11 is 0. The van der Waals surface area contributed by atoms with Gasteiger partial charge in [-0.2, -0.15) is 29.8 Å². The maximum atomic E-state index is 11.9. The number of nitrogen functional groups attached to an aromatic ring is 1. The number of hydrogen-bond donors (Lipinski definition) is 1. The van der Waals surface area contributed by atoms with E-state index in [1.54, 1.807) is 42.5 Å². The quantitative estimate of drug-likeness (QED) is 0.395. The third kappa shape index (κ3) is 4.76. The summed E-state index contributed by atoms with van der Waals surface area (Å²) in [6.45, 7) is 1.53. The smallest absolute Gasteiger partial charge is 0.340 e. The monoisotopic (exact) mass is 357 g/mol. The van der Waals surface area contributed by atoms with Gasteiger partial charge in [0.2, 0.25) is 0 Å². The number of para-hydroxylation sites is 1. The number of esters is 1. The van der Waals surface area contributed by atoms with E-state index in [9.17, 15) is 9.59 Å². The summed E-state index contributed by atoms with van der Waals surface area (Å²) in [6.07, 6.45) is 0. The van der Waals surface area contributed by atoms with Gasteiger partial charge in [0.15, 0.2) is 12.4 Å². The zero-order valence-electron chi connectivity index (χ0n) is 11.6. The molecule has 0 aliphatic carbocycles. The van der Waals surface area contributed by atoms with Crippen molar-refractivity contribution in [3.05, 3.63) is 65.2 Å². The first-order chi connectivity index (χ1) is 9.58. The van der Waals surface area contributed by atoms with Gasteiger partial charge in [-0.3, -0.25) is 4.79 Å². The maximum Gasteiger partial charge on any atom is 0.340 e. The Hall–Kier alpha value is -1.52. The summed E-state index contributed by atoms with van der Waals surface area (Å²) in [5, 5.41) is 0. The molecule has 105 valence electrons. The van der Waals surface area contributed by atoms with Crippen LogP contribution in [0.25, 0.3) is 0 Å². The largest absolute Gasteiger partial charge is 0.454 e. The number of nitrogens with two attached hydrogens (primary N) is 1. The Morgan fingerprint density at radius 3 is 2.62 bits per heavy atom. The van der Waals surface area contributed by atoms with Crippen molar-refractivity contribution >= 4 is 17.4 Å². The van der Waals surface area contributed by atoms with Crippen LogP contribution in [0.1, 0.15) is 26.3 Å². The van der Waals surface area contributed by atoms with E-state index in [1.165, 1.54) is 0 Å². The van der Waals surface area contributed by atoms with Crippen LogP contribution in [0.2, 0.25) is 0 Å². The molecule has 0 atom stereocenters. The van der Waals surface area contributed by atoms with Gasteiger partial charge in [0.25, 0.3) is 0 Å². The molecule has 0 aliphatic rings. The SMILES string of the molecule is Cc1[c-]ccc(C(=O)COC(=O)c2ccccc2N)c1.[Y]. The molecule has 0 fully saturated rings. The summed E-state index contributed by atoms with van der Waals surface area (Å²) in [4.78, 5) is 23.7. The first kappa shape index (κ1) is 17.5. The van der Waals surface area contributed by atoms with Crippen molar-refractivity contribution in [2.45, 2.75) is 6.92 Å². The first-order valence-electron chi connectivity index (χ1n) is 6.11. The van der Waals surface area contributed by atoms with Gasteiger partial charge in [-0.05, 0) is 12.1 Å². The molecule has 0 amide bonds. The number of carbonyl (C=O) groups is 2. The van der Waals surface area contributed by atoms with Crippen molar-refractivity contribution in [2.24, 2.45) is 0 Å². The van der Waals surface area contributed by atoms with Crippen LogP contribution in [0.4, 0.5) is 5.69 Å². The molecule has 0 saturated heterocycles. The second kappa shape index (κ2) is 8.06. The van der Waals surface area contributed by atoms with Crippen molar-refractivity contribution in [1.82, 2.24) is 0 Å². The Morgan fingerprint density at radius 2 is 1.95 bits per heavy atom. The van der Waals surface area contributed by atoms with Gasteiger partial charge in [-0.1, -0.05) is 24.6 Å². The molecule has 0 heterocycles. The van der Waals surface area contributed by atoms with Crippen molar-refractivity contribution in [3.8, 4) is 0 Å². The number of benzene rings is 2. The van der Waals surface area contributed by atoms with E-state index in [4.69, 9.17) is 10.5 Å². The normalized spacial score (nSPS) is 9.57. The van der Waals surface area contributed by atoms with Crippen molar-refractivity contribution in [2.75, 3.05) is 12.3 Å². The van der Waals surface area contributed by atoms with Gasteiger partial charge in [0.1, 0.15) is 0 Å². The van der Waals surface area contributed by atoms with E-state index in [-0.39, 0.29) is 50.7 Å². The fraction of sp³-hybridized carbons (Fsp3) is 0.125. The predicted octanol–water partition coefficient (Wildman–Crippen LogP) is 2.41. The minimum Gasteiger partial charge on any atom is -0.454 e. The molecular formula is C16H14NO3Y-. The molecule has 0 saturated carbocycles. The minimum atomic E-state index is -0.601. The number of Topliss-reactive ketones (excluding diaryl/α,β-unsaturated/α-hetero) is 1. The van der Waals surface area contributed by atoms with Crippen LogP contribution in [0.15, 0.2) is 42.5 Å². The van der Waals surface area contributed by atoms with E-state index in [0.717, 1.165) is 5.56 Å². The van der Waals surface area contributed by atoms with E-state index in [0.29, 0.717) is 11.3 Å². The van der Waals surface area contributed by atoms with Crippen LogP contribution in [0.3, 0.4) is 0 Å². The van der Waals surface area contributed by atoms with Crippen molar-refractivity contribution in [3.63, 3.8) is 0 Å². The van der Waals surface area contributed by atoms with Gasteiger partial charge in [0.05, 0.1) is 5.56 Å². The number of carbonyl (C=O) groups excluding carboxylic acids is 2. The number of ketones is 1. The molecule has 4 nitrogen and oxygen atoms in total. The van der Waals surface area contributed by atoms with Crippen LogP contribution in [0.5, 0.6) is 0 Å². The molecule has 21 heavy (non-hydrogen) atoms. The Kier molecular flexibility index (Phi) is 6.73. The Bertz CT molecular complexity index is 655. The number of aryl methyl sites for hydroxylation is 1. The van der Waals surface area contributed by atoms with E-state index < -0.39 is 5.97 Å². The molecule has 0 bridgehead atoms. The van der Waals surface area contributed by atoms with Gasteiger partial charge in [-0.15, -0.1) is 0 Å². The van der Waals surface area contributed by atoms with Crippen molar-refractivity contribution < 1.29 is 47.0 Å². The average Bonchev–Trinajstić information content (AvgIpc) is 2.45. The van der Waals surface area contributed by atoms with Crippen LogP contribution < -0.4 is 5.73 Å². The summed E-state index contributed by atoms with van der Waals surface area (Å²) in [5.74, 6) is -0.861. The van der Waals surface area contributed by atoms with E-state index >= 15 is 0 Å². The molecule has 0 spiro atoms. The maximum absolute atomic E-state index is 11.9. The molecule has 0 aromatic heterocycles. The fourth-order valence-electron chi connectivity index (χ4n) is 1.73. The van der Waals surface area contributed by atoms with Gasteiger partial charge in [-0.25, -0.2) is 4.79 Å². The van der Waals surface area contributed by atoms with Gasteiger partial charge in [0, 0.05) is 38.4 Å². The predicted molar refractivity (Wildman–Crippen MR) is 75.5 cm³/mol. The molecule has 2 N–H and O–H groups in total. The zero-order valence-corrected chi connectivity index (χ0v) is 14.5. The summed E-state index contributed by atoms with van der Waals surface area (Å²) < 4.78 is 4.99. The molecule has 2 aromatic carbocycles. The molecule has 5 heteroatoms. The Balaban J connectivity index is 0.00000220. The third-order valence-corrected chi connectivity index (χ3v) is 2.78. The second-order valence-corrected chi connectivity index (χ2v) is 4.35. The minimum absolute atomic E-state index is 0. The topological polar surface area (TPSA) is 69.4 Å². The number of anilines is 1. The van der Waals surface area contributed by atoms with Crippen molar-refractivity contribution in [1.29, 1.82) is 0 Å². The van der Waals surface area contributed by atoms with Gasteiger partial charge >= 0.3 is 5.97 Å².